The molecule has 27 heavy (non-hydrogen) atoms. The molecular weight excluding hydrogens is 381 g/mol. The average molecular weight is 402 g/mol. The van der Waals surface area contributed by atoms with Crippen LogP contribution in [0.3, 0.4) is 0 Å². The van der Waals surface area contributed by atoms with Crippen molar-refractivity contribution in [2.45, 2.75) is 61.2 Å². The number of halogens is 3. The third-order valence-corrected chi connectivity index (χ3v) is 7.85. The van der Waals surface area contributed by atoms with Crippen LogP contribution < -0.4 is 0 Å². The topological polar surface area (TPSA) is 57.7 Å². The van der Waals surface area contributed by atoms with Crippen molar-refractivity contribution in [2.24, 2.45) is 0 Å². The van der Waals surface area contributed by atoms with E-state index < -0.39 is 32.2 Å². The third-order valence-electron chi connectivity index (χ3n) is 5.83. The Morgan fingerprint density at radius 3 is 2.30 bits per heavy atom. The number of carbonyl (C=O) groups is 1. The SMILES string of the molecule is O=C1N(C2CC2)CCCC12CCCN2S(=O)(=O)c1ccccc1C(F)(F)F. The standard InChI is InChI=1S/C18H21F3N2O3S/c19-18(20,21)14-5-1-2-6-15(14)27(25,26)23-12-4-10-17(23)9-3-11-22(16(17)24)13-7-8-13/h1-2,5-6,13H,3-4,7-12H2. The molecule has 5 nitrogen and oxygen atoms in total. The predicted molar refractivity (Wildman–Crippen MR) is 91.3 cm³/mol. The summed E-state index contributed by atoms with van der Waals surface area (Å²) in [7, 11) is -4.46. The highest BCUT2D eigenvalue weighted by Gasteiger charge is 2.57. The Bertz CT molecular complexity index is 867. The van der Waals surface area contributed by atoms with Gasteiger partial charge in [0, 0.05) is 19.1 Å². The van der Waals surface area contributed by atoms with E-state index in [1.165, 1.54) is 12.1 Å². The van der Waals surface area contributed by atoms with E-state index in [4.69, 9.17) is 0 Å². The summed E-state index contributed by atoms with van der Waals surface area (Å²) in [5, 5.41) is 0. The fourth-order valence-electron chi connectivity index (χ4n) is 4.46. The molecule has 3 aliphatic rings. The number of carbonyl (C=O) groups excluding carboxylic acids is 1. The number of amides is 1. The normalized spacial score (nSPS) is 27.5. The van der Waals surface area contributed by atoms with Crippen LogP contribution in [0.4, 0.5) is 13.2 Å². The van der Waals surface area contributed by atoms with Gasteiger partial charge in [0.1, 0.15) is 5.54 Å². The number of nitrogens with zero attached hydrogens (tertiary/aromatic N) is 2. The summed E-state index contributed by atoms with van der Waals surface area (Å²) in [5.74, 6) is -0.234. The van der Waals surface area contributed by atoms with Crippen molar-refractivity contribution in [1.29, 1.82) is 0 Å². The van der Waals surface area contributed by atoms with Crippen LogP contribution in [0.15, 0.2) is 29.2 Å². The van der Waals surface area contributed by atoms with Crippen molar-refractivity contribution >= 4 is 15.9 Å². The van der Waals surface area contributed by atoms with Crippen LogP contribution in [0, 0.1) is 0 Å². The van der Waals surface area contributed by atoms with E-state index in [1.807, 2.05) is 0 Å². The number of hydrogen-bond donors (Lipinski definition) is 0. The zero-order valence-electron chi connectivity index (χ0n) is 14.7. The van der Waals surface area contributed by atoms with E-state index in [2.05, 4.69) is 0 Å². The van der Waals surface area contributed by atoms with E-state index >= 15 is 0 Å². The number of piperidine rings is 1. The molecule has 148 valence electrons. The van der Waals surface area contributed by atoms with Gasteiger partial charge in [-0.3, -0.25) is 4.79 Å². The van der Waals surface area contributed by atoms with Gasteiger partial charge in [-0.25, -0.2) is 8.42 Å². The second-order valence-electron chi connectivity index (χ2n) is 7.54. The van der Waals surface area contributed by atoms with Gasteiger partial charge in [-0.2, -0.15) is 17.5 Å². The van der Waals surface area contributed by atoms with Crippen LogP contribution >= 0.6 is 0 Å². The third kappa shape index (κ3) is 2.95. The van der Waals surface area contributed by atoms with Crippen molar-refractivity contribution in [3.8, 4) is 0 Å². The molecule has 3 fully saturated rings. The second-order valence-corrected chi connectivity index (χ2v) is 9.37. The molecule has 9 heteroatoms. The number of rotatable bonds is 3. The summed E-state index contributed by atoms with van der Waals surface area (Å²) in [6.45, 7) is 0.664. The quantitative estimate of drug-likeness (QED) is 0.781. The van der Waals surface area contributed by atoms with E-state index in [0.29, 0.717) is 32.2 Å². The van der Waals surface area contributed by atoms with Gasteiger partial charge in [-0.15, -0.1) is 0 Å². The lowest BCUT2D eigenvalue weighted by Gasteiger charge is -2.44. The smallest absolute Gasteiger partial charge is 0.338 e. The summed E-state index contributed by atoms with van der Waals surface area (Å²) in [6.07, 6.45) is -1.11. The Labute approximate surface area is 156 Å². The highest BCUT2D eigenvalue weighted by atomic mass is 32.2. The lowest BCUT2D eigenvalue weighted by Crippen LogP contribution is -2.61. The number of benzene rings is 1. The molecule has 2 saturated heterocycles. The Balaban J connectivity index is 1.77. The van der Waals surface area contributed by atoms with Crippen LogP contribution in [0.2, 0.25) is 0 Å². The highest BCUT2D eigenvalue weighted by molar-refractivity contribution is 7.89. The van der Waals surface area contributed by atoms with E-state index in [0.717, 1.165) is 29.3 Å². The van der Waals surface area contributed by atoms with Crippen LogP contribution in [-0.4, -0.2) is 48.2 Å². The minimum atomic E-state index is -4.78. The highest BCUT2D eigenvalue weighted by Crippen LogP contribution is 2.45. The van der Waals surface area contributed by atoms with Crippen LogP contribution in [0.5, 0.6) is 0 Å². The fourth-order valence-corrected chi connectivity index (χ4v) is 6.50. The monoisotopic (exact) mass is 402 g/mol. The van der Waals surface area contributed by atoms with Crippen LogP contribution in [-0.2, 0) is 21.0 Å². The van der Waals surface area contributed by atoms with Crippen molar-refractivity contribution in [3.63, 3.8) is 0 Å². The minimum Gasteiger partial charge on any atom is -0.338 e. The number of sulfonamides is 1. The van der Waals surface area contributed by atoms with Crippen molar-refractivity contribution in [2.75, 3.05) is 13.1 Å². The van der Waals surface area contributed by atoms with Gasteiger partial charge in [0.05, 0.1) is 10.5 Å². The maximum Gasteiger partial charge on any atom is 0.417 e. The predicted octanol–water partition coefficient (Wildman–Crippen LogP) is 3.01. The average Bonchev–Trinajstić information content (AvgIpc) is 3.36. The van der Waals surface area contributed by atoms with Crippen molar-refractivity contribution < 1.29 is 26.4 Å². The van der Waals surface area contributed by atoms with E-state index in [9.17, 15) is 26.4 Å². The Morgan fingerprint density at radius 1 is 1.04 bits per heavy atom. The number of alkyl halides is 3. The summed E-state index contributed by atoms with van der Waals surface area (Å²) in [4.78, 5) is 14.2. The lowest BCUT2D eigenvalue weighted by molar-refractivity contribution is -0.145. The Hall–Kier alpha value is -1.61. The molecule has 0 aromatic heterocycles. The maximum absolute atomic E-state index is 13.4. The Kier molecular flexibility index (Phi) is 4.30. The van der Waals surface area contributed by atoms with Crippen LogP contribution in [0.25, 0.3) is 0 Å². The molecule has 1 atom stereocenters. The summed E-state index contributed by atoms with van der Waals surface area (Å²) in [6, 6.07) is 4.36. The first-order chi connectivity index (χ1) is 12.7. The molecule has 0 bridgehead atoms. The van der Waals surface area contributed by atoms with E-state index in [-0.39, 0.29) is 18.5 Å². The lowest BCUT2D eigenvalue weighted by atomic mass is 9.86. The first-order valence-electron chi connectivity index (χ1n) is 9.18. The zero-order chi connectivity index (χ0) is 19.4. The van der Waals surface area contributed by atoms with Gasteiger partial charge in [0.25, 0.3) is 0 Å². The van der Waals surface area contributed by atoms with Gasteiger partial charge in [0.15, 0.2) is 0 Å². The first-order valence-corrected chi connectivity index (χ1v) is 10.6. The molecule has 1 unspecified atom stereocenters. The molecule has 1 aromatic rings. The molecule has 1 saturated carbocycles. The fraction of sp³-hybridized carbons (Fsp3) is 0.611. The molecule has 1 amide bonds. The molecule has 0 N–H and O–H groups in total. The van der Waals surface area contributed by atoms with Gasteiger partial charge in [0.2, 0.25) is 15.9 Å². The Morgan fingerprint density at radius 2 is 1.67 bits per heavy atom. The molecule has 0 radical (unpaired) electrons. The zero-order valence-corrected chi connectivity index (χ0v) is 15.5. The number of likely N-dealkylation sites (tertiary alicyclic amines) is 1. The maximum atomic E-state index is 13.4. The molecule has 1 aromatic carbocycles. The summed E-state index contributed by atoms with van der Waals surface area (Å²) < 4.78 is 67.8. The van der Waals surface area contributed by atoms with Gasteiger partial charge in [-0.1, -0.05) is 12.1 Å². The van der Waals surface area contributed by atoms with Crippen LogP contribution in [0.1, 0.15) is 44.1 Å². The largest absolute Gasteiger partial charge is 0.417 e. The number of hydrogen-bond acceptors (Lipinski definition) is 3. The first kappa shape index (κ1) is 18.7. The summed E-state index contributed by atoms with van der Waals surface area (Å²) in [5.41, 5.74) is -2.42. The van der Waals surface area contributed by atoms with Gasteiger partial charge in [-0.05, 0) is 50.7 Å². The van der Waals surface area contributed by atoms with Gasteiger partial charge >= 0.3 is 6.18 Å². The van der Waals surface area contributed by atoms with Crippen molar-refractivity contribution in [1.82, 2.24) is 9.21 Å². The molecule has 1 spiro atoms. The minimum absolute atomic E-state index is 0.0682. The second kappa shape index (κ2) is 6.20. The van der Waals surface area contributed by atoms with E-state index in [1.54, 1.807) is 4.90 Å². The van der Waals surface area contributed by atoms with Gasteiger partial charge < -0.3 is 4.90 Å². The molecule has 4 rings (SSSR count). The molecular formula is C18H21F3N2O3S. The molecule has 2 aliphatic heterocycles. The summed E-state index contributed by atoms with van der Waals surface area (Å²) >= 11 is 0. The molecule has 2 heterocycles. The van der Waals surface area contributed by atoms with Crippen molar-refractivity contribution in [3.05, 3.63) is 29.8 Å². The molecule has 1 aliphatic carbocycles.